The fraction of sp³-hybridized carbons (Fsp3) is 0.522. The van der Waals surface area contributed by atoms with Gasteiger partial charge in [0.2, 0.25) is 5.91 Å². The predicted molar refractivity (Wildman–Crippen MR) is 116 cm³/mol. The lowest BCUT2D eigenvalue weighted by Gasteiger charge is -2.27. The van der Waals surface area contributed by atoms with Crippen LogP contribution >= 0.6 is 11.6 Å². The summed E-state index contributed by atoms with van der Waals surface area (Å²) >= 11 is 6.33. The molecule has 1 amide bonds. The van der Waals surface area contributed by atoms with E-state index in [4.69, 9.17) is 16.3 Å². The number of methoxy groups -OCH3 is 1. The van der Waals surface area contributed by atoms with E-state index in [0.717, 1.165) is 42.0 Å². The maximum atomic E-state index is 13.2. The lowest BCUT2D eigenvalue weighted by atomic mass is 9.97. The summed E-state index contributed by atoms with van der Waals surface area (Å²) in [6.45, 7) is 6.70. The van der Waals surface area contributed by atoms with Crippen molar-refractivity contribution in [1.82, 2.24) is 9.47 Å². The summed E-state index contributed by atoms with van der Waals surface area (Å²) in [7, 11) is 1.68. The molecule has 0 aliphatic rings. The lowest BCUT2D eigenvalue weighted by molar-refractivity contribution is -0.137. The summed E-state index contributed by atoms with van der Waals surface area (Å²) in [6, 6.07) is 12.0. The third-order valence-corrected chi connectivity index (χ3v) is 5.57. The molecule has 0 N–H and O–H groups in total. The summed E-state index contributed by atoms with van der Waals surface area (Å²) in [5.74, 6) is 0.322. The van der Waals surface area contributed by atoms with Crippen molar-refractivity contribution in [3.8, 4) is 0 Å². The molecule has 5 heteroatoms. The molecule has 1 aromatic heterocycles. The van der Waals surface area contributed by atoms with Crippen LogP contribution in [-0.2, 0) is 22.6 Å². The number of aromatic nitrogens is 1. The van der Waals surface area contributed by atoms with Crippen molar-refractivity contribution < 1.29 is 9.53 Å². The molecule has 28 heavy (non-hydrogen) atoms. The van der Waals surface area contributed by atoms with Gasteiger partial charge in [-0.1, -0.05) is 56.5 Å². The Labute approximate surface area is 174 Å². The Morgan fingerprint density at radius 1 is 1.21 bits per heavy atom. The Kier molecular flexibility index (Phi) is 9.59. The van der Waals surface area contributed by atoms with Crippen molar-refractivity contribution in [2.45, 2.75) is 52.6 Å². The van der Waals surface area contributed by atoms with Gasteiger partial charge in [-0.25, -0.2) is 0 Å². The highest BCUT2D eigenvalue weighted by Crippen LogP contribution is 2.20. The summed E-state index contributed by atoms with van der Waals surface area (Å²) in [5.41, 5.74) is 2.18. The van der Waals surface area contributed by atoms with E-state index in [1.807, 2.05) is 41.4 Å². The van der Waals surface area contributed by atoms with Crippen molar-refractivity contribution in [3.63, 3.8) is 0 Å². The predicted octanol–water partition coefficient (Wildman–Crippen LogP) is 5.38. The van der Waals surface area contributed by atoms with Crippen LogP contribution in [0.3, 0.4) is 0 Å². The Morgan fingerprint density at radius 2 is 2.00 bits per heavy atom. The van der Waals surface area contributed by atoms with Gasteiger partial charge in [0.25, 0.3) is 0 Å². The fourth-order valence-corrected chi connectivity index (χ4v) is 3.63. The van der Waals surface area contributed by atoms with E-state index >= 15 is 0 Å². The second kappa shape index (κ2) is 11.9. The molecule has 2 aromatic rings. The van der Waals surface area contributed by atoms with E-state index in [0.29, 0.717) is 26.2 Å². The lowest BCUT2D eigenvalue weighted by Crippen LogP contribution is -2.38. The highest BCUT2D eigenvalue weighted by atomic mass is 35.5. The fourth-order valence-electron chi connectivity index (χ4n) is 3.43. The largest absolute Gasteiger partial charge is 0.383 e. The zero-order valence-electron chi connectivity index (χ0n) is 17.4. The molecule has 1 unspecified atom stereocenters. The second-order valence-corrected chi connectivity index (χ2v) is 7.63. The Hall–Kier alpha value is -1.78. The van der Waals surface area contributed by atoms with Crippen LogP contribution in [-0.4, -0.2) is 35.6 Å². The van der Waals surface area contributed by atoms with E-state index in [1.165, 1.54) is 0 Å². The van der Waals surface area contributed by atoms with Gasteiger partial charge in [0.15, 0.2) is 0 Å². The number of halogens is 1. The van der Waals surface area contributed by atoms with Gasteiger partial charge in [-0.2, -0.15) is 0 Å². The molecular formula is C23H33ClN2O2. The average molecular weight is 405 g/mol. The molecule has 1 atom stereocenters. The monoisotopic (exact) mass is 404 g/mol. The Balaban J connectivity index is 2.15. The third-order valence-electron chi connectivity index (χ3n) is 5.20. The summed E-state index contributed by atoms with van der Waals surface area (Å²) in [6.07, 6.45) is 6.08. The number of hydrogen-bond donors (Lipinski definition) is 0. The summed E-state index contributed by atoms with van der Waals surface area (Å²) in [5, 5.41) is 0.764. The minimum atomic E-state index is 0.0868. The number of carbonyl (C=O) groups excluding carboxylic acids is 1. The van der Waals surface area contributed by atoms with E-state index < -0.39 is 0 Å². The first-order valence-electron chi connectivity index (χ1n) is 10.3. The topological polar surface area (TPSA) is 34.5 Å². The maximum Gasteiger partial charge on any atom is 0.226 e. The molecule has 4 nitrogen and oxygen atoms in total. The van der Waals surface area contributed by atoms with Crippen LogP contribution in [0.15, 0.2) is 42.6 Å². The molecule has 1 heterocycles. The van der Waals surface area contributed by atoms with Gasteiger partial charge >= 0.3 is 0 Å². The number of hydrogen-bond acceptors (Lipinski definition) is 2. The standard InChI is InChI=1S/C23H33ClN2O2/c1-4-6-10-19(5-2)23(27)26(15-16-28-3)18-21-12-9-14-25(21)17-20-11-7-8-13-22(20)24/h7-9,11-14,19H,4-6,10,15-18H2,1-3H3. The van der Waals surface area contributed by atoms with Crippen LogP contribution < -0.4 is 0 Å². The van der Waals surface area contributed by atoms with E-state index in [-0.39, 0.29) is 11.8 Å². The van der Waals surface area contributed by atoms with Gasteiger partial charge in [-0.3, -0.25) is 4.79 Å². The first-order chi connectivity index (χ1) is 13.6. The summed E-state index contributed by atoms with van der Waals surface area (Å²) < 4.78 is 7.43. The van der Waals surface area contributed by atoms with Crippen molar-refractivity contribution in [2.75, 3.05) is 20.3 Å². The quantitative estimate of drug-likeness (QED) is 0.475. The number of ether oxygens (including phenoxy) is 1. The van der Waals surface area contributed by atoms with Gasteiger partial charge in [-0.15, -0.1) is 0 Å². The molecule has 154 valence electrons. The van der Waals surface area contributed by atoms with Crippen LogP contribution in [0, 0.1) is 5.92 Å². The minimum Gasteiger partial charge on any atom is -0.383 e. The van der Waals surface area contributed by atoms with Crippen LogP contribution in [0.5, 0.6) is 0 Å². The molecule has 0 saturated carbocycles. The van der Waals surface area contributed by atoms with Crippen molar-refractivity contribution in [2.24, 2.45) is 5.92 Å². The molecule has 2 rings (SSSR count). The van der Waals surface area contributed by atoms with Crippen molar-refractivity contribution in [3.05, 3.63) is 58.9 Å². The highest BCUT2D eigenvalue weighted by molar-refractivity contribution is 6.31. The Morgan fingerprint density at radius 3 is 2.68 bits per heavy atom. The van der Waals surface area contributed by atoms with Gasteiger partial charge in [-0.05, 0) is 36.6 Å². The van der Waals surface area contributed by atoms with E-state index in [1.54, 1.807) is 7.11 Å². The summed E-state index contributed by atoms with van der Waals surface area (Å²) in [4.78, 5) is 15.1. The SMILES string of the molecule is CCCCC(CC)C(=O)N(CCOC)Cc1cccn1Cc1ccccc1Cl. The molecule has 0 saturated heterocycles. The molecule has 0 aliphatic carbocycles. The van der Waals surface area contributed by atoms with E-state index in [9.17, 15) is 4.79 Å². The molecule has 0 spiro atoms. The number of amides is 1. The maximum absolute atomic E-state index is 13.2. The van der Waals surface area contributed by atoms with Crippen molar-refractivity contribution in [1.29, 1.82) is 0 Å². The normalized spacial score (nSPS) is 12.1. The van der Waals surface area contributed by atoms with Gasteiger partial charge in [0, 0.05) is 43.0 Å². The molecule has 0 aliphatic heterocycles. The molecule has 0 radical (unpaired) electrons. The first-order valence-corrected chi connectivity index (χ1v) is 10.6. The minimum absolute atomic E-state index is 0.0868. The second-order valence-electron chi connectivity index (χ2n) is 7.22. The Bertz CT molecular complexity index is 729. The molecule has 0 bridgehead atoms. The number of nitrogens with zero attached hydrogens (tertiary/aromatic N) is 2. The molecule has 0 fully saturated rings. The van der Waals surface area contributed by atoms with Gasteiger partial charge < -0.3 is 14.2 Å². The van der Waals surface area contributed by atoms with Crippen LogP contribution in [0.4, 0.5) is 0 Å². The van der Waals surface area contributed by atoms with Gasteiger partial charge in [0.05, 0.1) is 13.2 Å². The first kappa shape index (κ1) is 22.5. The third kappa shape index (κ3) is 6.39. The number of benzene rings is 1. The zero-order valence-corrected chi connectivity index (χ0v) is 18.1. The van der Waals surface area contributed by atoms with Crippen LogP contribution in [0.2, 0.25) is 5.02 Å². The number of unbranched alkanes of at least 4 members (excludes halogenated alkanes) is 1. The molecular weight excluding hydrogens is 372 g/mol. The zero-order chi connectivity index (χ0) is 20.4. The number of carbonyl (C=O) groups is 1. The van der Waals surface area contributed by atoms with Crippen LogP contribution in [0.1, 0.15) is 50.8 Å². The number of rotatable bonds is 12. The highest BCUT2D eigenvalue weighted by Gasteiger charge is 2.23. The van der Waals surface area contributed by atoms with Crippen LogP contribution in [0.25, 0.3) is 0 Å². The van der Waals surface area contributed by atoms with E-state index in [2.05, 4.69) is 24.5 Å². The van der Waals surface area contributed by atoms with Crippen molar-refractivity contribution >= 4 is 17.5 Å². The smallest absolute Gasteiger partial charge is 0.226 e. The van der Waals surface area contributed by atoms with Gasteiger partial charge in [0.1, 0.15) is 0 Å². The average Bonchev–Trinajstić information content (AvgIpc) is 3.14. The molecule has 1 aromatic carbocycles.